The number of pyridine rings is 1. The Kier molecular flexibility index (Phi) is 5.35. The third kappa shape index (κ3) is 4.44. The number of nitrogens with zero attached hydrogens (tertiary/aromatic N) is 1. The van der Waals surface area contributed by atoms with E-state index in [1.807, 2.05) is 0 Å². The summed E-state index contributed by atoms with van der Waals surface area (Å²) in [5.74, 6) is -1.18. The maximum absolute atomic E-state index is 12.0. The van der Waals surface area contributed by atoms with Gasteiger partial charge in [0.25, 0.3) is 5.91 Å². The fourth-order valence-corrected chi connectivity index (χ4v) is 1.85. The Morgan fingerprint density at radius 1 is 1.14 bits per heavy atom. The zero-order chi connectivity index (χ0) is 16.1. The minimum atomic E-state index is -0.982. The lowest BCUT2D eigenvalue weighted by Gasteiger charge is -2.13. The smallest absolute Gasteiger partial charge is 0.357 e. The number of rotatable bonds is 4. The molecular formula is C15H12Cl2N2O3. The van der Waals surface area contributed by atoms with Crippen LogP contribution in [0.1, 0.15) is 17.4 Å². The van der Waals surface area contributed by atoms with Crippen LogP contribution in [0.15, 0.2) is 42.6 Å². The number of nitrogens with one attached hydrogen (secondary N) is 1. The second-order valence-electron chi connectivity index (χ2n) is 4.40. The Morgan fingerprint density at radius 2 is 1.82 bits per heavy atom. The van der Waals surface area contributed by atoms with Crippen LogP contribution in [0.5, 0.6) is 0 Å². The number of hydrogen-bond acceptors (Lipinski definition) is 4. The zero-order valence-corrected chi connectivity index (χ0v) is 13.1. The summed E-state index contributed by atoms with van der Waals surface area (Å²) >= 11 is 11.5. The van der Waals surface area contributed by atoms with Gasteiger partial charge in [-0.1, -0.05) is 23.2 Å². The molecule has 1 amide bonds. The molecule has 1 heterocycles. The van der Waals surface area contributed by atoms with E-state index >= 15 is 0 Å². The molecular weight excluding hydrogens is 327 g/mol. The zero-order valence-electron chi connectivity index (χ0n) is 11.5. The molecule has 114 valence electrons. The Balaban J connectivity index is 1.96. The van der Waals surface area contributed by atoms with Gasteiger partial charge in [0.05, 0.1) is 0 Å². The fourth-order valence-electron chi connectivity index (χ4n) is 1.57. The molecule has 0 unspecified atom stereocenters. The molecule has 1 atom stereocenters. The number of carbonyl (C=O) groups excluding carboxylic acids is 2. The maximum atomic E-state index is 12.0. The summed E-state index contributed by atoms with van der Waals surface area (Å²) in [6.45, 7) is 1.47. The quantitative estimate of drug-likeness (QED) is 0.865. The Hall–Kier alpha value is -2.11. The number of anilines is 1. The van der Waals surface area contributed by atoms with Crippen LogP contribution in [0, 0.1) is 0 Å². The molecule has 1 aromatic heterocycles. The van der Waals surface area contributed by atoms with Crippen molar-refractivity contribution in [2.45, 2.75) is 13.0 Å². The van der Waals surface area contributed by atoms with E-state index in [2.05, 4.69) is 10.3 Å². The van der Waals surface area contributed by atoms with E-state index in [0.29, 0.717) is 15.7 Å². The molecule has 22 heavy (non-hydrogen) atoms. The van der Waals surface area contributed by atoms with Crippen molar-refractivity contribution in [1.82, 2.24) is 4.98 Å². The molecule has 7 heteroatoms. The first-order chi connectivity index (χ1) is 10.5. The molecule has 0 aliphatic carbocycles. The summed E-state index contributed by atoms with van der Waals surface area (Å²) < 4.78 is 5.05. The number of aromatic nitrogens is 1. The molecule has 0 saturated heterocycles. The van der Waals surface area contributed by atoms with Crippen molar-refractivity contribution in [2.75, 3.05) is 5.32 Å². The first-order valence-corrected chi connectivity index (χ1v) is 7.10. The molecule has 5 nitrogen and oxygen atoms in total. The van der Waals surface area contributed by atoms with E-state index in [-0.39, 0.29) is 5.69 Å². The third-order valence-electron chi connectivity index (χ3n) is 2.70. The summed E-state index contributed by atoms with van der Waals surface area (Å²) in [6.07, 6.45) is 0.404. The Labute approximate surface area is 137 Å². The molecule has 0 saturated carbocycles. The second-order valence-corrected chi connectivity index (χ2v) is 5.28. The van der Waals surface area contributed by atoms with Gasteiger partial charge in [-0.15, -0.1) is 0 Å². The van der Waals surface area contributed by atoms with E-state index in [9.17, 15) is 9.59 Å². The number of ether oxygens (including phenoxy) is 1. The highest BCUT2D eigenvalue weighted by atomic mass is 35.5. The fraction of sp³-hybridized carbons (Fsp3) is 0.133. The molecule has 1 aromatic carbocycles. The predicted octanol–water partition coefficient (Wildman–Crippen LogP) is 3.57. The molecule has 0 radical (unpaired) electrons. The van der Waals surface area contributed by atoms with Gasteiger partial charge in [-0.3, -0.25) is 4.79 Å². The molecule has 0 aliphatic heterocycles. The van der Waals surface area contributed by atoms with E-state index in [1.165, 1.54) is 25.3 Å². The highest BCUT2D eigenvalue weighted by Crippen LogP contribution is 2.14. The predicted molar refractivity (Wildman–Crippen MR) is 84.2 cm³/mol. The highest BCUT2D eigenvalue weighted by molar-refractivity contribution is 6.31. The van der Waals surface area contributed by atoms with Gasteiger partial charge < -0.3 is 10.1 Å². The Bertz CT molecular complexity index is 689. The van der Waals surface area contributed by atoms with Gasteiger partial charge in [0.1, 0.15) is 5.69 Å². The van der Waals surface area contributed by atoms with Crippen molar-refractivity contribution < 1.29 is 14.3 Å². The van der Waals surface area contributed by atoms with Crippen LogP contribution in [0.3, 0.4) is 0 Å². The van der Waals surface area contributed by atoms with Gasteiger partial charge in [-0.05, 0) is 43.3 Å². The SMILES string of the molecule is C[C@H](OC(=O)c1cc(Cl)ccn1)C(=O)Nc1ccc(Cl)cc1. The van der Waals surface area contributed by atoms with Crippen molar-refractivity contribution in [2.24, 2.45) is 0 Å². The van der Waals surface area contributed by atoms with Crippen LogP contribution >= 0.6 is 23.2 Å². The van der Waals surface area contributed by atoms with Crippen molar-refractivity contribution >= 4 is 40.8 Å². The molecule has 0 bridgehead atoms. The molecule has 0 spiro atoms. The molecule has 0 aliphatic rings. The van der Waals surface area contributed by atoms with E-state index in [0.717, 1.165) is 0 Å². The maximum Gasteiger partial charge on any atom is 0.357 e. The topological polar surface area (TPSA) is 68.3 Å². The standard InChI is InChI=1S/C15H12Cl2N2O3/c1-9(14(20)19-12-4-2-10(16)3-5-12)22-15(21)13-8-11(17)6-7-18-13/h2-9H,1H3,(H,19,20)/t9-/m0/s1. The lowest BCUT2D eigenvalue weighted by Crippen LogP contribution is -2.30. The number of amides is 1. The monoisotopic (exact) mass is 338 g/mol. The van der Waals surface area contributed by atoms with Gasteiger partial charge in [0, 0.05) is 21.9 Å². The summed E-state index contributed by atoms with van der Waals surface area (Å²) in [6, 6.07) is 9.48. The number of esters is 1. The lowest BCUT2D eigenvalue weighted by atomic mass is 10.3. The summed E-state index contributed by atoms with van der Waals surface area (Å²) in [4.78, 5) is 27.7. The third-order valence-corrected chi connectivity index (χ3v) is 3.18. The van der Waals surface area contributed by atoms with Gasteiger partial charge in [-0.25, -0.2) is 9.78 Å². The van der Waals surface area contributed by atoms with Gasteiger partial charge in [0.2, 0.25) is 0 Å². The molecule has 2 rings (SSSR count). The Morgan fingerprint density at radius 3 is 2.45 bits per heavy atom. The van der Waals surface area contributed by atoms with Crippen molar-refractivity contribution in [1.29, 1.82) is 0 Å². The average Bonchev–Trinajstić information content (AvgIpc) is 2.49. The van der Waals surface area contributed by atoms with Gasteiger partial charge in [0.15, 0.2) is 6.10 Å². The summed E-state index contributed by atoms with van der Waals surface area (Å²) in [5.41, 5.74) is 0.594. The highest BCUT2D eigenvalue weighted by Gasteiger charge is 2.20. The van der Waals surface area contributed by atoms with Crippen LogP contribution in [0.2, 0.25) is 10.0 Å². The van der Waals surface area contributed by atoms with Crippen molar-refractivity contribution in [3.05, 3.63) is 58.3 Å². The van der Waals surface area contributed by atoms with Crippen LogP contribution in [0.4, 0.5) is 5.69 Å². The number of benzene rings is 1. The van der Waals surface area contributed by atoms with Crippen LogP contribution < -0.4 is 5.32 Å². The number of hydrogen-bond donors (Lipinski definition) is 1. The van der Waals surface area contributed by atoms with E-state index in [1.54, 1.807) is 24.3 Å². The van der Waals surface area contributed by atoms with Crippen molar-refractivity contribution in [3.8, 4) is 0 Å². The molecule has 0 fully saturated rings. The van der Waals surface area contributed by atoms with Crippen LogP contribution in [-0.2, 0) is 9.53 Å². The average molecular weight is 339 g/mol. The second kappa shape index (κ2) is 7.24. The van der Waals surface area contributed by atoms with Crippen LogP contribution in [-0.4, -0.2) is 23.0 Å². The van der Waals surface area contributed by atoms with E-state index in [4.69, 9.17) is 27.9 Å². The number of halogens is 2. The first kappa shape index (κ1) is 16.3. The minimum Gasteiger partial charge on any atom is -0.448 e. The molecule has 1 N–H and O–H groups in total. The van der Waals surface area contributed by atoms with Crippen molar-refractivity contribution in [3.63, 3.8) is 0 Å². The minimum absolute atomic E-state index is 0.0404. The van der Waals surface area contributed by atoms with E-state index < -0.39 is 18.0 Å². The normalized spacial score (nSPS) is 11.6. The van der Waals surface area contributed by atoms with Crippen LogP contribution in [0.25, 0.3) is 0 Å². The molecule has 2 aromatic rings. The summed E-state index contributed by atoms with van der Waals surface area (Å²) in [5, 5.41) is 3.54. The van der Waals surface area contributed by atoms with Gasteiger partial charge in [-0.2, -0.15) is 0 Å². The summed E-state index contributed by atoms with van der Waals surface area (Å²) in [7, 11) is 0. The first-order valence-electron chi connectivity index (χ1n) is 6.34. The number of carbonyl (C=O) groups is 2. The lowest BCUT2D eigenvalue weighted by molar-refractivity contribution is -0.123. The van der Waals surface area contributed by atoms with Gasteiger partial charge >= 0.3 is 5.97 Å². The largest absolute Gasteiger partial charge is 0.448 e.